The Hall–Kier alpha value is -4.16. The van der Waals surface area contributed by atoms with Crippen molar-refractivity contribution in [3.05, 3.63) is 83.8 Å². The predicted octanol–water partition coefficient (Wildman–Crippen LogP) is 4.53. The molecule has 0 unspecified atom stereocenters. The third-order valence-electron chi connectivity index (χ3n) is 5.11. The van der Waals surface area contributed by atoms with Crippen LogP contribution in [-0.2, 0) is 17.4 Å². The zero-order chi connectivity index (χ0) is 25.0. The van der Waals surface area contributed by atoms with Gasteiger partial charge in [0.2, 0.25) is 5.91 Å². The molecule has 6 nitrogen and oxygen atoms in total. The van der Waals surface area contributed by atoms with E-state index in [-0.39, 0.29) is 17.7 Å². The summed E-state index contributed by atoms with van der Waals surface area (Å²) in [6, 6.07) is 14.5. The first kappa shape index (κ1) is 24.0. The van der Waals surface area contributed by atoms with Gasteiger partial charge in [0.25, 0.3) is 0 Å². The van der Waals surface area contributed by atoms with E-state index in [1.165, 1.54) is 12.1 Å². The molecule has 0 fully saturated rings. The summed E-state index contributed by atoms with van der Waals surface area (Å²) in [7, 11) is 3.56. The highest BCUT2D eigenvalue weighted by atomic mass is 19.4. The highest BCUT2D eigenvalue weighted by molar-refractivity contribution is 5.92. The van der Waals surface area contributed by atoms with Gasteiger partial charge < -0.3 is 5.32 Å². The molecule has 2 aromatic heterocycles. The molecule has 2 heterocycles. The van der Waals surface area contributed by atoms with Gasteiger partial charge >= 0.3 is 6.18 Å². The predicted molar refractivity (Wildman–Crippen MR) is 128 cm³/mol. The Kier molecular flexibility index (Phi) is 6.85. The van der Waals surface area contributed by atoms with Gasteiger partial charge in [-0.3, -0.25) is 14.3 Å². The van der Waals surface area contributed by atoms with Gasteiger partial charge in [0.05, 0.1) is 18.5 Å². The summed E-state index contributed by atoms with van der Waals surface area (Å²) in [4.78, 5) is 22.9. The standard InChI is InChI=1S/C26H22F3N5O/c1-33(2)14-4-5-19-9-10-20(16-22(19)26(27,28)29)32-24(35)15-18-7-11-21(12-8-18)34-17-31-23-6-3-13-30-25(23)34/h3,6-13,16-17H,14-15H2,1-2H3,(H,32,35). The number of rotatable bonds is 5. The Morgan fingerprint density at radius 2 is 1.86 bits per heavy atom. The van der Waals surface area contributed by atoms with Crippen LogP contribution >= 0.6 is 0 Å². The van der Waals surface area contributed by atoms with Crippen molar-refractivity contribution in [2.45, 2.75) is 12.6 Å². The van der Waals surface area contributed by atoms with E-state index in [2.05, 4.69) is 27.1 Å². The lowest BCUT2D eigenvalue weighted by Gasteiger charge is -2.13. The summed E-state index contributed by atoms with van der Waals surface area (Å²) in [6.07, 6.45) is -1.22. The number of pyridine rings is 1. The number of hydrogen-bond acceptors (Lipinski definition) is 4. The van der Waals surface area contributed by atoms with Gasteiger partial charge in [-0.25, -0.2) is 9.97 Å². The lowest BCUT2D eigenvalue weighted by molar-refractivity contribution is -0.137. The van der Waals surface area contributed by atoms with Gasteiger partial charge in [-0.05, 0) is 62.1 Å². The summed E-state index contributed by atoms with van der Waals surface area (Å²) in [5.41, 5.74) is 2.08. The highest BCUT2D eigenvalue weighted by Crippen LogP contribution is 2.33. The third-order valence-corrected chi connectivity index (χ3v) is 5.11. The Labute approximate surface area is 200 Å². The molecule has 0 aliphatic carbocycles. The lowest BCUT2D eigenvalue weighted by Crippen LogP contribution is -2.16. The largest absolute Gasteiger partial charge is 0.417 e. The Morgan fingerprint density at radius 1 is 1.09 bits per heavy atom. The maximum absolute atomic E-state index is 13.5. The van der Waals surface area contributed by atoms with E-state index in [9.17, 15) is 18.0 Å². The lowest BCUT2D eigenvalue weighted by atomic mass is 10.1. The van der Waals surface area contributed by atoms with Crippen LogP contribution in [0.25, 0.3) is 16.9 Å². The zero-order valence-electron chi connectivity index (χ0n) is 19.1. The number of nitrogens with one attached hydrogen (secondary N) is 1. The molecule has 0 saturated carbocycles. The summed E-state index contributed by atoms with van der Waals surface area (Å²) in [5.74, 6) is 4.85. The number of halogens is 3. The monoisotopic (exact) mass is 477 g/mol. The summed E-state index contributed by atoms with van der Waals surface area (Å²) < 4.78 is 42.5. The fraction of sp³-hybridized carbons (Fsp3) is 0.192. The summed E-state index contributed by atoms with van der Waals surface area (Å²) in [6.45, 7) is 0.335. The van der Waals surface area contributed by atoms with Crippen molar-refractivity contribution in [2.24, 2.45) is 0 Å². The molecule has 4 rings (SSSR count). The first-order chi connectivity index (χ1) is 16.7. The molecule has 0 bridgehead atoms. The first-order valence-corrected chi connectivity index (χ1v) is 10.7. The normalized spacial score (nSPS) is 11.4. The van der Waals surface area contributed by atoms with Gasteiger partial charge in [0.1, 0.15) is 11.8 Å². The molecule has 0 saturated heterocycles. The van der Waals surface area contributed by atoms with Gasteiger partial charge in [-0.1, -0.05) is 24.0 Å². The molecular weight excluding hydrogens is 455 g/mol. The minimum Gasteiger partial charge on any atom is -0.326 e. The number of anilines is 1. The summed E-state index contributed by atoms with van der Waals surface area (Å²) in [5, 5.41) is 2.55. The SMILES string of the molecule is CN(C)CC#Cc1ccc(NC(=O)Cc2ccc(-n3cnc4cccnc43)cc2)cc1C(F)(F)F. The van der Waals surface area contributed by atoms with Gasteiger partial charge in [-0.15, -0.1) is 0 Å². The molecule has 0 aliphatic heterocycles. The third kappa shape index (κ3) is 5.86. The van der Waals surface area contributed by atoms with Crippen LogP contribution in [0.4, 0.5) is 18.9 Å². The smallest absolute Gasteiger partial charge is 0.326 e. The zero-order valence-corrected chi connectivity index (χ0v) is 19.1. The van der Waals surface area contributed by atoms with Crippen molar-refractivity contribution in [1.29, 1.82) is 0 Å². The molecule has 0 radical (unpaired) electrons. The van der Waals surface area contributed by atoms with E-state index < -0.39 is 17.6 Å². The number of hydrogen-bond donors (Lipinski definition) is 1. The molecule has 0 aliphatic rings. The number of carbonyl (C=O) groups is 1. The molecule has 178 valence electrons. The average Bonchev–Trinajstić information content (AvgIpc) is 3.24. The maximum atomic E-state index is 13.5. The van der Waals surface area contributed by atoms with E-state index >= 15 is 0 Å². The highest BCUT2D eigenvalue weighted by Gasteiger charge is 2.33. The number of nitrogens with zero attached hydrogens (tertiary/aromatic N) is 4. The second kappa shape index (κ2) is 9.99. The Morgan fingerprint density at radius 3 is 2.57 bits per heavy atom. The molecule has 4 aromatic rings. The van der Waals surface area contributed by atoms with Crippen LogP contribution in [0.2, 0.25) is 0 Å². The first-order valence-electron chi connectivity index (χ1n) is 10.7. The van der Waals surface area contributed by atoms with Crippen LogP contribution < -0.4 is 5.32 Å². The van der Waals surface area contributed by atoms with Crippen LogP contribution in [0.5, 0.6) is 0 Å². The van der Waals surface area contributed by atoms with E-state index in [0.29, 0.717) is 17.8 Å². The van der Waals surface area contributed by atoms with Crippen LogP contribution in [0, 0.1) is 11.8 Å². The second-order valence-electron chi connectivity index (χ2n) is 8.15. The van der Waals surface area contributed by atoms with Crippen LogP contribution in [0.1, 0.15) is 16.7 Å². The Balaban J connectivity index is 1.46. The maximum Gasteiger partial charge on any atom is 0.417 e. The number of fused-ring (bicyclic) bond motifs is 1. The molecule has 1 amide bonds. The molecule has 0 atom stereocenters. The number of aromatic nitrogens is 3. The van der Waals surface area contributed by atoms with Crippen LogP contribution in [0.3, 0.4) is 0 Å². The van der Waals surface area contributed by atoms with Crippen LogP contribution in [-0.4, -0.2) is 46.0 Å². The van der Waals surface area contributed by atoms with E-state index in [1.807, 2.05) is 28.8 Å². The number of imidazole rings is 1. The fourth-order valence-electron chi connectivity index (χ4n) is 3.46. The quantitative estimate of drug-likeness (QED) is 0.429. The molecular formula is C26H22F3N5O. The van der Waals surface area contributed by atoms with E-state index in [0.717, 1.165) is 17.3 Å². The molecule has 2 aromatic carbocycles. The number of alkyl halides is 3. The molecule has 9 heteroatoms. The second-order valence-corrected chi connectivity index (χ2v) is 8.15. The van der Waals surface area contributed by atoms with Crippen molar-refractivity contribution < 1.29 is 18.0 Å². The topological polar surface area (TPSA) is 63.1 Å². The van der Waals surface area contributed by atoms with Gasteiger partial charge in [0.15, 0.2) is 5.65 Å². The van der Waals surface area contributed by atoms with Crippen molar-refractivity contribution in [1.82, 2.24) is 19.4 Å². The van der Waals surface area contributed by atoms with Crippen molar-refractivity contribution in [2.75, 3.05) is 26.0 Å². The van der Waals surface area contributed by atoms with E-state index in [1.54, 1.807) is 43.7 Å². The molecule has 1 N–H and O–H groups in total. The number of amides is 1. The number of carbonyl (C=O) groups excluding carboxylic acids is 1. The molecule has 0 spiro atoms. The summed E-state index contributed by atoms with van der Waals surface area (Å²) >= 11 is 0. The van der Waals surface area contributed by atoms with Gasteiger partial charge in [-0.2, -0.15) is 13.2 Å². The van der Waals surface area contributed by atoms with Crippen molar-refractivity contribution in [3.8, 4) is 17.5 Å². The number of benzene rings is 2. The van der Waals surface area contributed by atoms with Crippen molar-refractivity contribution in [3.63, 3.8) is 0 Å². The van der Waals surface area contributed by atoms with E-state index in [4.69, 9.17) is 0 Å². The minimum atomic E-state index is -4.59. The van der Waals surface area contributed by atoms with Crippen molar-refractivity contribution >= 4 is 22.8 Å². The minimum absolute atomic E-state index is 0.00888. The fourth-order valence-corrected chi connectivity index (χ4v) is 3.46. The van der Waals surface area contributed by atoms with Crippen LogP contribution in [0.15, 0.2) is 67.1 Å². The average molecular weight is 477 g/mol. The Bertz CT molecular complexity index is 1410. The van der Waals surface area contributed by atoms with Gasteiger partial charge in [0, 0.05) is 23.1 Å². The molecule has 35 heavy (non-hydrogen) atoms.